The van der Waals surface area contributed by atoms with Crippen LogP contribution in [0.4, 0.5) is 0 Å². The summed E-state index contributed by atoms with van der Waals surface area (Å²) in [7, 11) is 1.82. The summed E-state index contributed by atoms with van der Waals surface area (Å²) in [6.07, 6.45) is 1.68. The van der Waals surface area contributed by atoms with Gasteiger partial charge in [0.25, 0.3) is 0 Å². The van der Waals surface area contributed by atoms with Crippen LogP contribution in [0.15, 0.2) is 0 Å². The lowest BCUT2D eigenvalue weighted by molar-refractivity contribution is 0.0164. The average Bonchev–Trinajstić information content (AvgIpc) is 1.85. The third kappa shape index (κ3) is 4.10. The van der Waals surface area contributed by atoms with E-state index in [1.165, 1.54) is 6.42 Å². The monoisotopic (exact) mass is 172 g/mol. The molecule has 0 aromatic rings. The van der Waals surface area contributed by atoms with Crippen LogP contribution in [0.25, 0.3) is 0 Å². The Morgan fingerprint density at radius 2 is 1.50 bits per heavy atom. The van der Waals surface area contributed by atoms with E-state index in [0.29, 0.717) is 17.9 Å². The molecule has 12 heavy (non-hydrogen) atoms. The molecule has 0 spiro atoms. The van der Waals surface area contributed by atoms with Crippen molar-refractivity contribution in [1.29, 1.82) is 0 Å². The summed E-state index contributed by atoms with van der Waals surface area (Å²) >= 11 is 0. The van der Waals surface area contributed by atoms with Gasteiger partial charge in [-0.1, -0.05) is 34.6 Å². The van der Waals surface area contributed by atoms with Crippen molar-refractivity contribution in [2.45, 2.75) is 47.1 Å². The Labute approximate surface area is 77.5 Å². The summed E-state index contributed by atoms with van der Waals surface area (Å²) in [5.41, 5.74) is 0. The van der Waals surface area contributed by atoms with Gasteiger partial charge in [0.05, 0.1) is 6.10 Å². The van der Waals surface area contributed by atoms with Crippen molar-refractivity contribution in [3.8, 4) is 0 Å². The quantitative estimate of drug-likeness (QED) is 0.618. The highest BCUT2D eigenvalue weighted by atomic mass is 16.5. The second-order valence-corrected chi connectivity index (χ2v) is 4.55. The number of hydrogen-bond donors (Lipinski definition) is 0. The zero-order chi connectivity index (χ0) is 9.72. The van der Waals surface area contributed by atoms with Gasteiger partial charge in [0.2, 0.25) is 0 Å². The first-order chi connectivity index (χ1) is 5.49. The Kier molecular flexibility index (Phi) is 5.56. The number of ether oxygens (including phenoxy) is 1. The van der Waals surface area contributed by atoms with Crippen molar-refractivity contribution >= 4 is 0 Å². The minimum Gasteiger partial charge on any atom is -0.381 e. The van der Waals surface area contributed by atoms with E-state index in [9.17, 15) is 0 Å². The van der Waals surface area contributed by atoms with Crippen molar-refractivity contribution in [3.63, 3.8) is 0 Å². The molecule has 0 aliphatic carbocycles. The van der Waals surface area contributed by atoms with Crippen LogP contribution < -0.4 is 0 Å². The molecule has 0 radical (unpaired) electrons. The maximum atomic E-state index is 5.47. The molecule has 1 heteroatoms. The lowest BCUT2D eigenvalue weighted by Gasteiger charge is -2.27. The molecule has 0 aliphatic rings. The van der Waals surface area contributed by atoms with E-state index in [1.807, 2.05) is 7.11 Å². The normalized spacial score (nSPS) is 17.0. The van der Waals surface area contributed by atoms with Crippen LogP contribution in [0, 0.1) is 17.8 Å². The molecule has 0 N–H and O–H groups in total. The molecule has 74 valence electrons. The lowest BCUT2D eigenvalue weighted by Crippen LogP contribution is -2.27. The summed E-state index contributed by atoms with van der Waals surface area (Å²) in [6.45, 7) is 11.3. The number of hydrogen-bond acceptors (Lipinski definition) is 1. The predicted molar refractivity (Wildman–Crippen MR) is 54.3 cm³/mol. The van der Waals surface area contributed by atoms with E-state index in [1.54, 1.807) is 0 Å². The lowest BCUT2D eigenvalue weighted by atomic mass is 9.88. The second-order valence-electron chi connectivity index (χ2n) is 4.55. The maximum Gasteiger partial charge on any atom is 0.0619 e. The summed E-state index contributed by atoms with van der Waals surface area (Å²) in [6, 6.07) is 0. The van der Waals surface area contributed by atoms with Crippen LogP contribution in [-0.2, 0) is 4.74 Å². The van der Waals surface area contributed by atoms with Gasteiger partial charge in [0.15, 0.2) is 0 Å². The van der Waals surface area contributed by atoms with E-state index in [-0.39, 0.29) is 0 Å². The van der Waals surface area contributed by atoms with Crippen molar-refractivity contribution < 1.29 is 4.74 Å². The fourth-order valence-electron chi connectivity index (χ4n) is 2.04. The van der Waals surface area contributed by atoms with Gasteiger partial charge in [0.1, 0.15) is 0 Å². The summed E-state index contributed by atoms with van der Waals surface area (Å²) in [4.78, 5) is 0. The molecule has 2 unspecified atom stereocenters. The van der Waals surface area contributed by atoms with E-state index in [0.717, 1.165) is 5.92 Å². The average molecular weight is 172 g/mol. The molecule has 0 heterocycles. The van der Waals surface area contributed by atoms with E-state index in [4.69, 9.17) is 4.74 Å². The first-order valence-electron chi connectivity index (χ1n) is 5.01. The van der Waals surface area contributed by atoms with Gasteiger partial charge >= 0.3 is 0 Å². The maximum absolute atomic E-state index is 5.47. The smallest absolute Gasteiger partial charge is 0.0619 e. The predicted octanol–water partition coefficient (Wildman–Crippen LogP) is 3.34. The first-order valence-corrected chi connectivity index (χ1v) is 5.01. The minimum absolute atomic E-state index is 0.424. The highest BCUT2D eigenvalue weighted by Gasteiger charge is 2.20. The van der Waals surface area contributed by atoms with Gasteiger partial charge in [-0.2, -0.15) is 0 Å². The Morgan fingerprint density at radius 1 is 1.00 bits per heavy atom. The van der Waals surface area contributed by atoms with Gasteiger partial charge in [0, 0.05) is 7.11 Å². The minimum atomic E-state index is 0.424. The SMILES string of the molecule is COC(C(C)C)C(C)CC(C)C. The Bertz CT molecular complexity index is 108. The van der Waals surface area contributed by atoms with Gasteiger partial charge in [-0.05, 0) is 24.2 Å². The Morgan fingerprint density at radius 3 is 1.75 bits per heavy atom. The summed E-state index contributed by atoms with van der Waals surface area (Å²) in [5, 5.41) is 0. The van der Waals surface area contributed by atoms with Crippen molar-refractivity contribution in [2.75, 3.05) is 7.11 Å². The van der Waals surface area contributed by atoms with Crippen LogP contribution in [0.5, 0.6) is 0 Å². The molecule has 1 nitrogen and oxygen atoms in total. The van der Waals surface area contributed by atoms with Crippen LogP contribution in [-0.4, -0.2) is 13.2 Å². The third-order valence-corrected chi connectivity index (χ3v) is 2.33. The standard InChI is InChI=1S/C11H24O/c1-8(2)7-10(5)11(12-6)9(3)4/h8-11H,7H2,1-6H3. The van der Waals surface area contributed by atoms with Crippen molar-refractivity contribution in [3.05, 3.63) is 0 Å². The molecule has 0 saturated heterocycles. The summed E-state index contributed by atoms with van der Waals surface area (Å²) < 4.78 is 5.47. The molecule has 2 atom stereocenters. The molecule has 0 amide bonds. The van der Waals surface area contributed by atoms with Gasteiger partial charge in [-0.15, -0.1) is 0 Å². The van der Waals surface area contributed by atoms with Gasteiger partial charge < -0.3 is 4.74 Å². The fourth-order valence-corrected chi connectivity index (χ4v) is 2.04. The van der Waals surface area contributed by atoms with Gasteiger partial charge in [-0.3, -0.25) is 0 Å². The molecule has 0 bridgehead atoms. The number of rotatable bonds is 5. The van der Waals surface area contributed by atoms with Crippen molar-refractivity contribution in [2.24, 2.45) is 17.8 Å². The molecule has 0 saturated carbocycles. The fraction of sp³-hybridized carbons (Fsp3) is 1.00. The second kappa shape index (κ2) is 5.58. The molecule has 0 rings (SSSR count). The topological polar surface area (TPSA) is 9.23 Å². The first kappa shape index (κ1) is 12.0. The highest BCUT2D eigenvalue weighted by molar-refractivity contribution is 4.70. The molecule has 0 fully saturated rings. The van der Waals surface area contributed by atoms with Crippen molar-refractivity contribution in [1.82, 2.24) is 0 Å². The molecular weight excluding hydrogens is 148 g/mol. The Hall–Kier alpha value is -0.0400. The molecule has 0 aromatic heterocycles. The molecular formula is C11H24O. The zero-order valence-corrected chi connectivity index (χ0v) is 9.42. The van der Waals surface area contributed by atoms with E-state index in [2.05, 4.69) is 34.6 Å². The van der Waals surface area contributed by atoms with Crippen LogP contribution in [0.2, 0.25) is 0 Å². The van der Waals surface area contributed by atoms with E-state index >= 15 is 0 Å². The van der Waals surface area contributed by atoms with E-state index < -0.39 is 0 Å². The van der Waals surface area contributed by atoms with Crippen LogP contribution in [0.3, 0.4) is 0 Å². The zero-order valence-electron chi connectivity index (χ0n) is 9.42. The summed E-state index contributed by atoms with van der Waals surface area (Å²) in [5.74, 6) is 2.08. The van der Waals surface area contributed by atoms with Crippen LogP contribution in [0.1, 0.15) is 41.0 Å². The molecule has 0 aliphatic heterocycles. The number of methoxy groups -OCH3 is 1. The Balaban J connectivity index is 3.94. The van der Waals surface area contributed by atoms with Gasteiger partial charge in [-0.25, -0.2) is 0 Å². The van der Waals surface area contributed by atoms with Crippen LogP contribution >= 0.6 is 0 Å². The largest absolute Gasteiger partial charge is 0.381 e. The highest BCUT2D eigenvalue weighted by Crippen LogP contribution is 2.22. The third-order valence-electron chi connectivity index (χ3n) is 2.33. The molecule has 0 aromatic carbocycles.